The predicted molar refractivity (Wildman–Crippen MR) is 99.9 cm³/mol. The number of benzene rings is 1. The molecule has 0 saturated heterocycles. The van der Waals surface area contributed by atoms with Crippen LogP contribution in [0.1, 0.15) is 43.5 Å². The van der Waals surface area contributed by atoms with Crippen molar-refractivity contribution >= 4 is 34.8 Å². The molecule has 1 aliphatic heterocycles. The van der Waals surface area contributed by atoms with E-state index in [-0.39, 0.29) is 12.7 Å². The number of halogens is 1. The molecule has 8 heteroatoms. The van der Waals surface area contributed by atoms with Gasteiger partial charge in [-0.3, -0.25) is 15.6 Å². The second kappa shape index (κ2) is 7.66. The summed E-state index contributed by atoms with van der Waals surface area (Å²) in [4.78, 5) is 12.3. The zero-order valence-electron chi connectivity index (χ0n) is 14.2. The first-order valence-corrected chi connectivity index (χ1v) is 9.20. The monoisotopic (exact) mass is 383 g/mol. The first-order chi connectivity index (χ1) is 12.0. The molecule has 1 aromatic carbocycles. The molecule has 0 unspecified atom stereocenters. The zero-order chi connectivity index (χ0) is 18.0. The highest BCUT2D eigenvalue weighted by molar-refractivity contribution is 7.80. The molecule has 1 amide bonds. The van der Waals surface area contributed by atoms with E-state index < -0.39 is 0 Å². The molecule has 0 bridgehead atoms. The first kappa shape index (κ1) is 18.1. The summed E-state index contributed by atoms with van der Waals surface area (Å²) in [5.41, 5.74) is 5.71. The number of fused-ring (bicyclic) bond motifs is 1. The van der Waals surface area contributed by atoms with Crippen molar-refractivity contribution in [1.29, 1.82) is 0 Å². The number of hydrogen-bond acceptors (Lipinski definition) is 4. The van der Waals surface area contributed by atoms with E-state index in [0.717, 1.165) is 6.42 Å². The van der Waals surface area contributed by atoms with Crippen molar-refractivity contribution in [2.75, 3.05) is 6.79 Å². The van der Waals surface area contributed by atoms with Gasteiger partial charge in [0.1, 0.15) is 0 Å². The third-order valence-electron chi connectivity index (χ3n) is 5.00. The molecule has 1 fully saturated rings. The third-order valence-corrected chi connectivity index (χ3v) is 5.50. The normalized spacial score (nSPS) is 24.5. The van der Waals surface area contributed by atoms with Crippen LogP contribution in [0.25, 0.3) is 0 Å². The van der Waals surface area contributed by atoms with Crippen LogP contribution in [0.4, 0.5) is 0 Å². The second-order valence-electron chi connectivity index (χ2n) is 6.62. The van der Waals surface area contributed by atoms with Crippen LogP contribution in [0, 0.1) is 11.8 Å². The summed E-state index contributed by atoms with van der Waals surface area (Å²) in [5, 5.41) is 4.04. The summed E-state index contributed by atoms with van der Waals surface area (Å²) in [5.74, 6) is 1.78. The van der Waals surface area contributed by atoms with E-state index in [4.69, 9.17) is 33.3 Å². The Morgan fingerprint density at radius 3 is 2.84 bits per heavy atom. The number of hydrogen-bond donors (Lipinski definition) is 3. The van der Waals surface area contributed by atoms with Crippen molar-refractivity contribution < 1.29 is 14.3 Å². The van der Waals surface area contributed by atoms with Gasteiger partial charge in [-0.25, -0.2) is 0 Å². The Balaban J connectivity index is 1.54. The molecule has 3 N–H and O–H groups in total. The van der Waals surface area contributed by atoms with Gasteiger partial charge in [-0.05, 0) is 42.6 Å². The average molecular weight is 384 g/mol. The van der Waals surface area contributed by atoms with Crippen molar-refractivity contribution in [2.24, 2.45) is 11.8 Å². The summed E-state index contributed by atoms with van der Waals surface area (Å²) in [6.07, 6.45) is 3.52. The van der Waals surface area contributed by atoms with E-state index in [1.165, 1.54) is 18.9 Å². The maximum absolute atomic E-state index is 12.3. The maximum atomic E-state index is 12.3. The molecule has 6 nitrogen and oxygen atoms in total. The highest BCUT2D eigenvalue weighted by Crippen LogP contribution is 2.39. The lowest BCUT2D eigenvalue weighted by Gasteiger charge is -2.35. The van der Waals surface area contributed by atoms with Gasteiger partial charge >= 0.3 is 0 Å². The Hall–Kier alpha value is -1.73. The lowest BCUT2D eigenvalue weighted by Crippen LogP contribution is -2.52. The fourth-order valence-electron chi connectivity index (χ4n) is 3.27. The van der Waals surface area contributed by atoms with Gasteiger partial charge in [0.15, 0.2) is 16.6 Å². The van der Waals surface area contributed by atoms with Gasteiger partial charge in [-0.15, -0.1) is 0 Å². The first-order valence-electron chi connectivity index (χ1n) is 8.41. The van der Waals surface area contributed by atoms with Crippen LogP contribution in [0.15, 0.2) is 12.1 Å². The van der Waals surface area contributed by atoms with Gasteiger partial charge in [-0.1, -0.05) is 38.3 Å². The molecule has 2 aliphatic rings. The Morgan fingerprint density at radius 2 is 2.04 bits per heavy atom. The number of hydrazine groups is 1. The topological polar surface area (TPSA) is 71.6 Å². The average Bonchev–Trinajstić information content (AvgIpc) is 3.06. The molecule has 25 heavy (non-hydrogen) atoms. The van der Waals surface area contributed by atoms with Crippen LogP contribution in [-0.4, -0.2) is 23.9 Å². The van der Waals surface area contributed by atoms with E-state index in [1.54, 1.807) is 6.07 Å². The van der Waals surface area contributed by atoms with Crippen molar-refractivity contribution in [2.45, 2.75) is 39.2 Å². The van der Waals surface area contributed by atoms with Crippen molar-refractivity contribution in [3.63, 3.8) is 0 Å². The molecule has 1 aromatic rings. The molecule has 136 valence electrons. The molecule has 0 spiro atoms. The quantitative estimate of drug-likeness (QED) is 0.538. The number of thiocarbonyl (C=S) groups is 1. The van der Waals surface area contributed by atoms with Crippen molar-refractivity contribution in [3.05, 3.63) is 22.7 Å². The maximum Gasteiger partial charge on any atom is 0.269 e. The highest BCUT2D eigenvalue weighted by atomic mass is 35.5. The molecule has 1 saturated carbocycles. The SMILES string of the molecule is C[C@@H]1[C@@H](C)CCC[C@H]1NC(=S)NNC(=O)c1cc(Cl)c2c(c1)OCO2. The van der Waals surface area contributed by atoms with Gasteiger partial charge in [0, 0.05) is 11.6 Å². The van der Waals surface area contributed by atoms with Gasteiger partial charge in [0.2, 0.25) is 6.79 Å². The Morgan fingerprint density at radius 1 is 1.24 bits per heavy atom. The summed E-state index contributed by atoms with van der Waals surface area (Å²) in [6, 6.07) is 3.45. The molecule has 1 heterocycles. The predicted octanol–water partition coefficient (Wildman–Crippen LogP) is 3.00. The summed E-state index contributed by atoms with van der Waals surface area (Å²) in [7, 11) is 0. The number of carbonyl (C=O) groups is 1. The smallest absolute Gasteiger partial charge is 0.269 e. The molecule has 0 radical (unpaired) electrons. The molecular formula is C17H22ClN3O3S. The van der Waals surface area contributed by atoms with Crippen molar-refractivity contribution in [1.82, 2.24) is 16.2 Å². The summed E-state index contributed by atoms with van der Waals surface area (Å²) < 4.78 is 10.5. The fraction of sp³-hybridized carbons (Fsp3) is 0.529. The fourth-order valence-corrected chi connectivity index (χ4v) is 3.74. The van der Waals surface area contributed by atoms with Gasteiger partial charge < -0.3 is 14.8 Å². The van der Waals surface area contributed by atoms with E-state index in [0.29, 0.717) is 45.1 Å². The number of nitrogens with one attached hydrogen (secondary N) is 3. The molecule has 3 rings (SSSR count). The highest BCUT2D eigenvalue weighted by Gasteiger charge is 2.27. The van der Waals surface area contributed by atoms with Crippen LogP contribution < -0.4 is 25.6 Å². The third kappa shape index (κ3) is 4.10. The van der Waals surface area contributed by atoms with E-state index >= 15 is 0 Å². The second-order valence-corrected chi connectivity index (χ2v) is 7.43. The lowest BCUT2D eigenvalue weighted by molar-refractivity contribution is 0.0942. The molecular weight excluding hydrogens is 362 g/mol. The summed E-state index contributed by atoms with van der Waals surface area (Å²) in [6.45, 7) is 4.60. The minimum Gasteiger partial charge on any atom is -0.454 e. The van der Waals surface area contributed by atoms with Gasteiger partial charge in [0.25, 0.3) is 5.91 Å². The van der Waals surface area contributed by atoms with Gasteiger partial charge in [-0.2, -0.15) is 0 Å². The Bertz CT molecular complexity index is 685. The molecule has 0 aromatic heterocycles. The number of carbonyl (C=O) groups excluding carboxylic acids is 1. The zero-order valence-corrected chi connectivity index (χ0v) is 15.8. The minimum absolute atomic E-state index is 0.102. The number of rotatable bonds is 2. The van der Waals surface area contributed by atoms with Crippen LogP contribution in [-0.2, 0) is 0 Å². The number of amides is 1. The minimum atomic E-state index is -0.352. The standard InChI is InChI=1S/C17H22ClN3O3S/c1-9-4-3-5-13(10(9)2)19-17(25)21-20-16(22)11-6-12(18)15-14(7-11)23-8-24-15/h6-7,9-10,13H,3-5,8H2,1-2H3,(H,20,22)(H2,19,21,25)/t9-,10+,13+/m0/s1. The lowest BCUT2D eigenvalue weighted by atomic mass is 9.78. The van der Waals surface area contributed by atoms with Crippen LogP contribution in [0.5, 0.6) is 11.5 Å². The van der Waals surface area contributed by atoms with Crippen LogP contribution in [0.2, 0.25) is 5.02 Å². The molecule has 1 aliphatic carbocycles. The van der Waals surface area contributed by atoms with E-state index in [1.807, 2.05) is 0 Å². The van der Waals surface area contributed by atoms with Gasteiger partial charge in [0.05, 0.1) is 5.02 Å². The Kier molecular flexibility index (Phi) is 5.54. The number of ether oxygens (including phenoxy) is 2. The van der Waals surface area contributed by atoms with Crippen molar-refractivity contribution in [3.8, 4) is 11.5 Å². The Labute approximate surface area is 157 Å². The molecule has 3 atom stereocenters. The largest absolute Gasteiger partial charge is 0.454 e. The van der Waals surface area contributed by atoms with Crippen LogP contribution in [0.3, 0.4) is 0 Å². The van der Waals surface area contributed by atoms with E-state index in [2.05, 4.69) is 30.0 Å². The van der Waals surface area contributed by atoms with E-state index in [9.17, 15) is 4.79 Å². The van der Waals surface area contributed by atoms with Crippen LogP contribution >= 0.6 is 23.8 Å². The summed E-state index contributed by atoms with van der Waals surface area (Å²) >= 11 is 11.4.